The number of aryl methyl sites for hydroxylation is 3. The molecule has 7 aromatic carbocycles. The number of phenolic OH excluding ortho intramolecular Hbond substituents is 1. The molecule has 0 saturated heterocycles. The predicted octanol–water partition coefficient (Wildman–Crippen LogP) is 14.1. The van der Waals surface area contributed by atoms with Crippen LogP contribution in [0.1, 0.15) is 16.7 Å². The van der Waals surface area contributed by atoms with E-state index in [0.29, 0.717) is 50.9 Å². The van der Waals surface area contributed by atoms with Crippen molar-refractivity contribution in [3.05, 3.63) is 150 Å². The van der Waals surface area contributed by atoms with Gasteiger partial charge in [0.2, 0.25) is 0 Å². The molecule has 0 heterocycles. The quantitative estimate of drug-likeness (QED) is 0.0811. The Morgan fingerprint density at radius 3 is 1.73 bits per heavy atom. The zero-order chi connectivity index (χ0) is 41.5. The van der Waals surface area contributed by atoms with Gasteiger partial charge in [-0.15, -0.1) is 15.3 Å². The Labute approximate surface area is 340 Å². The summed E-state index contributed by atoms with van der Waals surface area (Å²) in [7, 11) is -2.91. The minimum Gasteiger partial charge on any atom is -0.505 e. The summed E-state index contributed by atoms with van der Waals surface area (Å²) in [5.41, 5.74) is 7.94. The van der Waals surface area contributed by atoms with Crippen LogP contribution < -0.4 is 10.1 Å². The predicted molar refractivity (Wildman–Crippen MR) is 228 cm³/mol. The third-order valence-electron chi connectivity index (χ3n) is 9.11. The number of nitrogens with one attached hydrogen (secondary N) is 1. The molecule has 0 fully saturated rings. The lowest BCUT2D eigenvalue weighted by Gasteiger charge is -2.10. The lowest BCUT2D eigenvalue weighted by atomic mass is 10.1. The Balaban J connectivity index is 1.02. The zero-order valence-corrected chi connectivity index (χ0v) is 33.1. The molecule has 3 N–H and O–H groups in total. The number of azo groups is 4. The van der Waals surface area contributed by atoms with Crippen molar-refractivity contribution < 1.29 is 22.8 Å². The molecule has 14 nitrogen and oxygen atoms in total. The molecule has 0 aliphatic rings. The lowest BCUT2D eigenvalue weighted by Crippen LogP contribution is -1.97. The monoisotopic (exact) mass is 803 g/mol. The number of hydrogen-bond donors (Lipinski definition) is 3. The van der Waals surface area contributed by atoms with Gasteiger partial charge in [-0.1, -0.05) is 36.4 Å². The molecule has 0 aliphatic carbocycles. The van der Waals surface area contributed by atoms with Crippen LogP contribution in [0.4, 0.5) is 56.9 Å². The van der Waals surface area contributed by atoms with Gasteiger partial charge in [0, 0.05) is 22.8 Å². The summed E-state index contributed by atoms with van der Waals surface area (Å²) < 4.78 is 38.4. The summed E-state index contributed by atoms with van der Waals surface area (Å²) in [6, 6.07) is 39.1. The average molecular weight is 804 g/mol. The number of nitrogens with zero attached hydrogens (tertiary/aromatic N) is 8. The molecular weight excluding hydrogens is 767 g/mol. The number of methoxy groups -OCH3 is 1. The largest absolute Gasteiger partial charge is 0.505 e. The molecule has 0 radical (unpaired) electrons. The third-order valence-corrected chi connectivity index (χ3v) is 10.0. The van der Waals surface area contributed by atoms with Crippen LogP contribution in [0.2, 0.25) is 0 Å². The van der Waals surface area contributed by atoms with Gasteiger partial charge in [0.25, 0.3) is 10.1 Å². The van der Waals surface area contributed by atoms with E-state index >= 15 is 0 Å². The van der Waals surface area contributed by atoms with Crippen LogP contribution in [0.5, 0.6) is 11.5 Å². The van der Waals surface area contributed by atoms with Crippen LogP contribution >= 0.6 is 0 Å². The first-order valence-corrected chi connectivity index (χ1v) is 19.6. The van der Waals surface area contributed by atoms with E-state index in [2.05, 4.69) is 46.2 Å². The molecule has 7 aromatic rings. The van der Waals surface area contributed by atoms with E-state index < -0.39 is 10.1 Å². The smallest absolute Gasteiger partial charge is 0.296 e. The fraction of sp³-hybridized carbons (Fsp3) is 0.0909. The van der Waals surface area contributed by atoms with Gasteiger partial charge < -0.3 is 15.2 Å². The highest BCUT2D eigenvalue weighted by atomic mass is 32.2. The number of hydrogen-bond acceptors (Lipinski definition) is 13. The Kier molecular flexibility index (Phi) is 11.7. The number of rotatable bonds is 12. The van der Waals surface area contributed by atoms with E-state index in [9.17, 15) is 18.1 Å². The highest BCUT2D eigenvalue weighted by Gasteiger charge is 2.15. The molecule has 294 valence electrons. The standard InChI is InChI=1S/C44H37N9O5S/c1-27-22-34(16-20-36(27)48-46-33-17-21-37(28(2)23-33)49-50-38-12-8-9-13-43(38)59(55,56)57)47-52-40-26-42(58-4)41(24-29(40)3)53-51-39-19-14-30-25-32(15-18-35(30)44(39)54)45-31-10-6-5-7-11-31/h5-26,45,54H,1-4H3,(H,55,56,57). The van der Waals surface area contributed by atoms with Gasteiger partial charge in [-0.2, -0.15) is 34.0 Å². The van der Waals surface area contributed by atoms with Crippen molar-refractivity contribution in [1.82, 2.24) is 0 Å². The van der Waals surface area contributed by atoms with Gasteiger partial charge in [0.05, 0.1) is 35.5 Å². The summed E-state index contributed by atoms with van der Waals surface area (Å²) >= 11 is 0. The topological polar surface area (TPSA) is 195 Å². The van der Waals surface area contributed by atoms with Gasteiger partial charge in [-0.3, -0.25) is 4.55 Å². The number of benzene rings is 7. The molecule has 0 bridgehead atoms. The van der Waals surface area contributed by atoms with E-state index in [0.717, 1.165) is 33.5 Å². The van der Waals surface area contributed by atoms with Crippen molar-refractivity contribution in [2.75, 3.05) is 12.4 Å². The molecule has 0 amide bonds. The van der Waals surface area contributed by atoms with Gasteiger partial charge in [-0.25, -0.2) is 0 Å². The molecule has 0 saturated carbocycles. The summed E-state index contributed by atoms with van der Waals surface area (Å²) in [4.78, 5) is -0.327. The first kappa shape index (κ1) is 39.7. The zero-order valence-electron chi connectivity index (χ0n) is 32.3. The Bertz CT molecular complexity index is 2930. The second kappa shape index (κ2) is 17.3. The number of phenols is 1. The van der Waals surface area contributed by atoms with Crippen molar-refractivity contribution in [3.63, 3.8) is 0 Å². The molecule has 0 atom stereocenters. The molecule has 7 rings (SSSR count). The maximum atomic E-state index is 11.7. The molecule has 0 unspecified atom stereocenters. The summed E-state index contributed by atoms with van der Waals surface area (Å²) in [5.74, 6) is 0.460. The maximum Gasteiger partial charge on any atom is 0.296 e. The van der Waals surface area contributed by atoms with Gasteiger partial charge >= 0.3 is 0 Å². The normalized spacial score (nSPS) is 12.1. The molecule has 0 spiro atoms. The van der Waals surface area contributed by atoms with Crippen LogP contribution in [-0.2, 0) is 10.1 Å². The van der Waals surface area contributed by atoms with Crippen molar-refractivity contribution in [2.24, 2.45) is 40.9 Å². The third kappa shape index (κ3) is 9.56. The second-order valence-electron chi connectivity index (χ2n) is 13.4. The van der Waals surface area contributed by atoms with Gasteiger partial charge in [0.15, 0.2) is 5.75 Å². The maximum absolute atomic E-state index is 11.7. The van der Waals surface area contributed by atoms with Crippen molar-refractivity contribution in [3.8, 4) is 11.5 Å². The van der Waals surface area contributed by atoms with Crippen LogP contribution in [-0.4, -0.2) is 25.2 Å². The molecular formula is C44H37N9O5S. The number of para-hydroxylation sites is 1. The summed E-state index contributed by atoms with van der Waals surface area (Å²) in [6.07, 6.45) is 0. The SMILES string of the molecule is COc1cc(N=Nc2ccc(N=Nc3ccc(N=Nc4ccccc4S(=O)(=O)O)c(C)c3)c(C)c2)c(C)cc1N=Nc1ccc2cc(Nc3ccccc3)ccc2c1O. The Morgan fingerprint density at radius 2 is 1.07 bits per heavy atom. The fourth-order valence-electron chi connectivity index (χ4n) is 5.98. The molecule has 0 aliphatic heterocycles. The minimum absolute atomic E-state index is 0.0234. The molecule has 15 heteroatoms. The molecule has 59 heavy (non-hydrogen) atoms. The highest BCUT2D eigenvalue weighted by molar-refractivity contribution is 7.86. The average Bonchev–Trinajstić information content (AvgIpc) is 3.22. The number of anilines is 2. The Morgan fingerprint density at radius 1 is 0.508 bits per heavy atom. The summed E-state index contributed by atoms with van der Waals surface area (Å²) in [5, 5.41) is 50.6. The first-order valence-electron chi connectivity index (χ1n) is 18.2. The van der Waals surface area contributed by atoms with Crippen molar-refractivity contribution in [2.45, 2.75) is 25.7 Å². The molecule has 0 aromatic heterocycles. The van der Waals surface area contributed by atoms with Gasteiger partial charge in [0.1, 0.15) is 27.7 Å². The van der Waals surface area contributed by atoms with E-state index in [-0.39, 0.29) is 16.3 Å². The first-order chi connectivity index (χ1) is 28.4. The summed E-state index contributed by atoms with van der Waals surface area (Å²) in [6.45, 7) is 5.60. The lowest BCUT2D eigenvalue weighted by molar-refractivity contribution is 0.416. The van der Waals surface area contributed by atoms with Crippen LogP contribution in [0.25, 0.3) is 10.8 Å². The van der Waals surface area contributed by atoms with Gasteiger partial charge in [-0.05, 0) is 134 Å². The van der Waals surface area contributed by atoms with E-state index in [4.69, 9.17) is 4.74 Å². The Hall–Kier alpha value is -7.49. The minimum atomic E-state index is -4.45. The van der Waals surface area contributed by atoms with Crippen molar-refractivity contribution in [1.29, 1.82) is 0 Å². The highest BCUT2D eigenvalue weighted by Crippen LogP contribution is 2.40. The number of aromatic hydroxyl groups is 1. The van der Waals surface area contributed by atoms with Crippen molar-refractivity contribution >= 4 is 77.8 Å². The van der Waals surface area contributed by atoms with E-state index in [1.165, 1.54) is 25.3 Å². The van der Waals surface area contributed by atoms with Crippen LogP contribution in [0.15, 0.2) is 179 Å². The van der Waals surface area contributed by atoms with E-state index in [1.54, 1.807) is 54.6 Å². The van der Waals surface area contributed by atoms with Crippen LogP contribution in [0, 0.1) is 20.8 Å². The van der Waals surface area contributed by atoms with Crippen LogP contribution in [0.3, 0.4) is 0 Å². The number of ether oxygens (including phenoxy) is 1. The second-order valence-corrected chi connectivity index (χ2v) is 14.7. The van der Waals surface area contributed by atoms with E-state index in [1.807, 2.05) is 81.4 Å². The number of fused-ring (bicyclic) bond motifs is 1. The fourth-order valence-corrected chi connectivity index (χ4v) is 6.61.